The fraction of sp³-hybridized carbons (Fsp3) is 0.278. The van der Waals surface area contributed by atoms with Gasteiger partial charge in [-0.15, -0.1) is 22.7 Å². The van der Waals surface area contributed by atoms with E-state index in [1.165, 1.54) is 69.8 Å². The van der Waals surface area contributed by atoms with Crippen LogP contribution >= 0.6 is 22.7 Å². The number of rotatable bonds is 8. The lowest BCUT2D eigenvalue weighted by Gasteiger charge is -2.04. The Bertz CT molecular complexity index is 1450. The third-order valence-corrected chi connectivity index (χ3v) is 8.90. The molecule has 0 unspecified atom stereocenters. The van der Waals surface area contributed by atoms with Crippen molar-refractivity contribution in [2.45, 2.75) is 65.2 Å². The Kier molecular flexibility index (Phi) is 8.98. The zero-order valence-corrected chi connectivity index (χ0v) is 24.0. The number of benzene rings is 3. The number of thiophene rings is 2. The van der Waals surface area contributed by atoms with Gasteiger partial charge >= 0.3 is 0 Å². The van der Waals surface area contributed by atoms with Crippen LogP contribution in [0.2, 0.25) is 0 Å². The molecule has 190 valence electrons. The second kappa shape index (κ2) is 13.0. The topological polar surface area (TPSA) is 0 Å². The normalized spacial score (nSPS) is 10.8. The highest BCUT2D eigenvalue weighted by Crippen LogP contribution is 2.38. The second-order valence-corrected chi connectivity index (χ2v) is 11.7. The number of hydrogen-bond acceptors (Lipinski definition) is 2. The summed E-state index contributed by atoms with van der Waals surface area (Å²) in [6.45, 7) is 4.50. The molecule has 0 aliphatic rings. The van der Waals surface area contributed by atoms with Crippen molar-refractivity contribution in [1.82, 2.24) is 0 Å². The summed E-state index contributed by atoms with van der Waals surface area (Å²) in [5, 5.41) is 6.76. The molecule has 0 aliphatic carbocycles. The molecule has 0 atom stereocenters. The van der Waals surface area contributed by atoms with E-state index in [-0.39, 0.29) is 0 Å². The van der Waals surface area contributed by atoms with E-state index in [1.54, 1.807) is 22.7 Å². The minimum atomic E-state index is 1.07. The monoisotopic (exact) mass is 530 g/mol. The van der Waals surface area contributed by atoms with Gasteiger partial charge in [0.05, 0.1) is 20.5 Å². The van der Waals surface area contributed by atoms with Gasteiger partial charge in [0.15, 0.2) is 0 Å². The van der Waals surface area contributed by atoms with Gasteiger partial charge in [0.25, 0.3) is 0 Å². The summed E-state index contributed by atoms with van der Waals surface area (Å²) in [4.78, 5) is 0. The molecule has 5 aromatic rings. The standard InChI is InChI=1S/C36H34S2/c1-3-5-7-9-27-11-15-29(16-12-27)19-21-31-33-23-25-38-36(33)32(34-24-26-37-35(31)34)22-20-30-17-13-28(14-18-30)10-8-6-4-2/h11-18,23-26H,3-10H2,1-2H3. The third kappa shape index (κ3) is 6.22. The fourth-order valence-corrected chi connectivity index (χ4v) is 6.66. The van der Waals surface area contributed by atoms with Gasteiger partial charge < -0.3 is 0 Å². The number of aryl methyl sites for hydroxylation is 2. The van der Waals surface area contributed by atoms with Gasteiger partial charge in [0.2, 0.25) is 0 Å². The summed E-state index contributed by atoms with van der Waals surface area (Å²) in [6, 6.07) is 22.0. The lowest BCUT2D eigenvalue weighted by molar-refractivity contribution is 0.717. The smallest absolute Gasteiger partial charge is 0.0519 e. The molecular weight excluding hydrogens is 497 g/mol. The Labute approximate surface area is 235 Å². The van der Waals surface area contributed by atoms with Crippen molar-refractivity contribution in [2.24, 2.45) is 0 Å². The van der Waals surface area contributed by atoms with E-state index in [4.69, 9.17) is 0 Å². The minimum absolute atomic E-state index is 1.07. The van der Waals surface area contributed by atoms with Crippen LogP contribution in [0.4, 0.5) is 0 Å². The molecule has 0 saturated heterocycles. The first-order valence-corrected chi connectivity index (χ1v) is 15.6. The summed E-state index contributed by atoms with van der Waals surface area (Å²) >= 11 is 3.52. The third-order valence-electron chi connectivity index (χ3n) is 7.03. The van der Waals surface area contributed by atoms with Crippen molar-refractivity contribution < 1.29 is 0 Å². The van der Waals surface area contributed by atoms with Gasteiger partial charge in [0.1, 0.15) is 0 Å². The highest BCUT2D eigenvalue weighted by atomic mass is 32.1. The van der Waals surface area contributed by atoms with Crippen molar-refractivity contribution in [3.8, 4) is 23.7 Å². The quantitative estimate of drug-likeness (QED) is 0.138. The van der Waals surface area contributed by atoms with Gasteiger partial charge in [-0.1, -0.05) is 87.5 Å². The van der Waals surface area contributed by atoms with Crippen LogP contribution in [0.3, 0.4) is 0 Å². The maximum Gasteiger partial charge on any atom is 0.0519 e. The Morgan fingerprint density at radius 2 is 0.921 bits per heavy atom. The van der Waals surface area contributed by atoms with Crippen LogP contribution in [0.25, 0.3) is 20.2 Å². The highest BCUT2D eigenvalue weighted by Gasteiger charge is 2.14. The van der Waals surface area contributed by atoms with Gasteiger partial charge in [-0.25, -0.2) is 0 Å². The second-order valence-electron chi connectivity index (χ2n) is 9.88. The molecule has 0 radical (unpaired) electrons. The summed E-state index contributed by atoms with van der Waals surface area (Å²) in [6.07, 6.45) is 9.92. The SMILES string of the molecule is CCCCCc1ccc(C#Cc2c3ccsc3c(C#Cc3ccc(CCCCC)cc3)c3ccsc23)cc1. The number of hydrogen-bond donors (Lipinski definition) is 0. The first-order chi connectivity index (χ1) is 18.8. The fourth-order valence-electron chi connectivity index (χ4n) is 4.83. The van der Waals surface area contributed by atoms with Crippen LogP contribution in [0.1, 0.15) is 85.8 Å². The van der Waals surface area contributed by atoms with Crippen LogP contribution in [0, 0.1) is 23.7 Å². The van der Waals surface area contributed by atoms with E-state index in [9.17, 15) is 0 Å². The molecule has 3 aromatic carbocycles. The van der Waals surface area contributed by atoms with Crippen molar-refractivity contribution in [2.75, 3.05) is 0 Å². The maximum atomic E-state index is 3.54. The van der Waals surface area contributed by atoms with E-state index in [0.717, 1.165) is 35.1 Å². The molecule has 2 aromatic heterocycles. The highest BCUT2D eigenvalue weighted by molar-refractivity contribution is 7.19. The van der Waals surface area contributed by atoms with E-state index in [1.807, 2.05) is 0 Å². The lowest BCUT2D eigenvalue weighted by Crippen LogP contribution is -1.87. The van der Waals surface area contributed by atoms with Crippen molar-refractivity contribution >= 4 is 42.8 Å². The van der Waals surface area contributed by atoms with E-state index in [2.05, 4.69) is 109 Å². The lowest BCUT2D eigenvalue weighted by atomic mass is 10.0. The van der Waals surface area contributed by atoms with Gasteiger partial charge in [-0.3, -0.25) is 0 Å². The molecule has 2 heterocycles. The first-order valence-electron chi connectivity index (χ1n) is 13.9. The van der Waals surface area contributed by atoms with E-state index >= 15 is 0 Å². The molecule has 0 fully saturated rings. The number of fused-ring (bicyclic) bond motifs is 2. The molecule has 0 saturated carbocycles. The predicted octanol–water partition coefficient (Wildman–Crippen LogP) is 10.4. The molecule has 0 bridgehead atoms. The molecule has 0 nitrogen and oxygen atoms in total. The van der Waals surface area contributed by atoms with Crippen LogP contribution in [-0.4, -0.2) is 0 Å². The minimum Gasteiger partial charge on any atom is -0.142 e. The average molecular weight is 531 g/mol. The largest absolute Gasteiger partial charge is 0.142 e. The molecule has 0 N–H and O–H groups in total. The van der Waals surface area contributed by atoms with Gasteiger partial charge in [-0.05, 0) is 84.0 Å². The zero-order chi connectivity index (χ0) is 26.2. The Hall–Kier alpha value is -3.30. The van der Waals surface area contributed by atoms with E-state index in [0.29, 0.717) is 0 Å². The van der Waals surface area contributed by atoms with E-state index < -0.39 is 0 Å². The van der Waals surface area contributed by atoms with Crippen molar-refractivity contribution in [3.05, 3.63) is 105 Å². The molecule has 5 rings (SSSR count). The Morgan fingerprint density at radius 3 is 1.32 bits per heavy atom. The molecule has 38 heavy (non-hydrogen) atoms. The summed E-state index contributed by atoms with van der Waals surface area (Å²) in [7, 11) is 0. The Balaban J connectivity index is 1.43. The van der Waals surface area contributed by atoms with Crippen LogP contribution in [0.5, 0.6) is 0 Å². The number of unbranched alkanes of at least 4 members (excludes halogenated alkanes) is 4. The first kappa shape index (κ1) is 26.3. The van der Waals surface area contributed by atoms with Gasteiger partial charge in [0, 0.05) is 21.9 Å². The van der Waals surface area contributed by atoms with Gasteiger partial charge in [-0.2, -0.15) is 0 Å². The summed E-state index contributed by atoms with van der Waals surface area (Å²) in [5.41, 5.74) is 7.19. The predicted molar refractivity (Wildman–Crippen MR) is 169 cm³/mol. The van der Waals surface area contributed by atoms with Crippen LogP contribution < -0.4 is 0 Å². The molecule has 0 aliphatic heterocycles. The molecule has 2 heteroatoms. The summed E-state index contributed by atoms with van der Waals surface area (Å²) in [5.74, 6) is 14.0. The van der Waals surface area contributed by atoms with Crippen molar-refractivity contribution in [1.29, 1.82) is 0 Å². The average Bonchev–Trinajstić information content (AvgIpc) is 3.63. The molecule has 0 spiro atoms. The zero-order valence-electron chi connectivity index (χ0n) is 22.4. The maximum absolute atomic E-state index is 3.54. The van der Waals surface area contributed by atoms with Crippen LogP contribution in [0.15, 0.2) is 71.4 Å². The van der Waals surface area contributed by atoms with Crippen molar-refractivity contribution in [3.63, 3.8) is 0 Å². The molecular formula is C36H34S2. The van der Waals surface area contributed by atoms with Crippen LogP contribution in [-0.2, 0) is 12.8 Å². The molecule has 0 amide bonds. The Morgan fingerprint density at radius 1 is 0.500 bits per heavy atom. The summed E-state index contributed by atoms with van der Waals surface area (Å²) < 4.78 is 2.46.